The summed E-state index contributed by atoms with van der Waals surface area (Å²) in [6, 6.07) is 0. The van der Waals surface area contributed by atoms with Crippen molar-refractivity contribution in [3.63, 3.8) is 0 Å². The zero-order valence-electron chi connectivity index (χ0n) is 12.1. The van der Waals surface area contributed by atoms with E-state index in [1.54, 1.807) is 0 Å². The molecule has 0 bridgehead atoms. The maximum Gasteiger partial charge on any atom is -0.0326 e. The Hall–Kier alpha value is 0. The normalized spacial score (nSPS) is 18.6. The molecule has 0 nitrogen and oxygen atoms in total. The van der Waals surface area contributed by atoms with Gasteiger partial charge in [0.05, 0.1) is 0 Å². The molecule has 0 aromatic rings. The summed E-state index contributed by atoms with van der Waals surface area (Å²) in [6.45, 7) is 16.8. The largest absolute Gasteiger partial charge is 0.0654 e. The van der Waals surface area contributed by atoms with Crippen LogP contribution in [0, 0.1) is 23.2 Å². The minimum atomic E-state index is 0.510. The van der Waals surface area contributed by atoms with Crippen molar-refractivity contribution in [2.24, 2.45) is 23.2 Å². The Morgan fingerprint density at radius 3 is 1.87 bits per heavy atom. The lowest BCUT2D eigenvalue weighted by molar-refractivity contribution is 0.114. The minimum absolute atomic E-state index is 0.510. The smallest absolute Gasteiger partial charge is 0.0326 e. The summed E-state index contributed by atoms with van der Waals surface area (Å²) in [5, 5.41) is 0. The van der Waals surface area contributed by atoms with Gasteiger partial charge >= 0.3 is 0 Å². The second-order valence-corrected chi connectivity index (χ2v) is 6.15. The summed E-state index contributed by atoms with van der Waals surface area (Å²) in [6.07, 6.45) is 5.38. The van der Waals surface area contributed by atoms with Crippen LogP contribution in [0.5, 0.6) is 0 Å². The summed E-state index contributed by atoms with van der Waals surface area (Å²) < 4.78 is 0. The molecular formula is C15H32. The molecule has 0 rings (SSSR count). The first-order chi connectivity index (χ1) is 6.86. The Kier molecular flexibility index (Phi) is 6.55. The molecule has 0 aliphatic carbocycles. The molecule has 0 heteroatoms. The molecule has 92 valence electrons. The lowest BCUT2D eigenvalue weighted by Crippen LogP contribution is -2.30. The fraction of sp³-hybridized carbons (Fsp3) is 1.00. The van der Waals surface area contributed by atoms with Crippen LogP contribution in [0.4, 0.5) is 0 Å². The van der Waals surface area contributed by atoms with Crippen LogP contribution in [0.2, 0.25) is 0 Å². The van der Waals surface area contributed by atoms with Crippen molar-refractivity contribution in [2.75, 3.05) is 0 Å². The van der Waals surface area contributed by atoms with E-state index in [4.69, 9.17) is 0 Å². The summed E-state index contributed by atoms with van der Waals surface area (Å²) in [5.41, 5.74) is 0.510. The fourth-order valence-corrected chi connectivity index (χ4v) is 2.79. The average Bonchev–Trinajstić information content (AvgIpc) is 2.15. The van der Waals surface area contributed by atoms with Crippen molar-refractivity contribution < 1.29 is 0 Å². The molecule has 0 aliphatic heterocycles. The molecule has 0 N–H and O–H groups in total. The third-order valence-electron chi connectivity index (χ3n) is 4.56. The van der Waals surface area contributed by atoms with E-state index in [0.29, 0.717) is 5.41 Å². The Morgan fingerprint density at radius 2 is 1.47 bits per heavy atom. The quantitative estimate of drug-likeness (QED) is 0.521. The second-order valence-electron chi connectivity index (χ2n) is 6.15. The maximum absolute atomic E-state index is 2.45. The van der Waals surface area contributed by atoms with Crippen molar-refractivity contribution >= 4 is 0 Å². The number of rotatable bonds is 7. The van der Waals surface area contributed by atoms with Gasteiger partial charge < -0.3 is 0 Å². The average molecular weight is 212 g/mol. The molecule has 0 radical (unpaired) electrons. The van der Waals surface area contributed by atoms with Crippen LogP contribution >= 0.6 is 0 Å². The molecule has 0 aromatic heterocycles. The molecule has 3 unspecified atom stereocenters. The molecule has 0 spiro atoms. The van der Waals surface area contributed by atoms with Gasteiger partial charge in [0.2, 0.25) is 0 Å². The van der Waals surface area contributed by atoms with E-state index in [0.717, 1.165) is 17.8 Å². The van der Waals surface area contributed by atoms with Crippen molar-refractivity contribution in [2.45, 2.75) is 74.1 Å². The Morgan fingerprint density at radius 1 is 0.933 bits per heavy atom. The van der Waals surface area contributed by atoms with Crippen LogP contribution in [-0.2, 0) is 0 Å². The molecule has 0 fully saturated rings. The van der Waals surface area contributed by atoms with Crippen molar-refractivity contribution in [3.05, 3.63) is 0 Å². The van der Waals surface area contributed by atoms with Crippen molar-refractivity contribution in [1.82, 2.24) is 0 Å². The highest BCUT2D eigenvalue weighted by Crippen LogP contribution is 2.40. The van der Waals surface area contributed by atoms with E-state index < -0.39 is 0 Å². The van der Waals surface area contributed by atoms with E-state index in [2.05, 4.69) is 48.5 Å². The van der Waals surface area contributed by atoms with Gasteiger partial charge in [-0.25, -0.2) is 0 Å². The van der Waals surface area contributed by atoms with Gasteiger partial charge in [0, 0.05) is 0 Å². The molecule has 0 saturated carbocycles. The molecule has 0 amide bonds. The summed E-state index contributed by atoms with van der Waals surface area (Å²) in [4.78, 5) is 0. The second kappa shape index (κ2) is 6.55. The summed E-state index contributed by atoms with van der Waals surface area (Å²) in [5.74, 6) is 2.56. The van der Waals surface area contributed by atoms with E-state index in [9.17, 15) is 0 Å². The molecule has 0 saturated heterocycles. The van der Waals surface area contributed by atoms with Crippen molar-refractivity contribution in [1.29, 1.82) is 0 Å². The maximum atomic E-state index is 2.45. The number of hydrogen-bond acceptors (Lipinski definition) is 0. The van der Waals surface area contributed by atoms with Gasteiger partial charge in [-0.3, -0.25) is 0 Å². The molecule has 3 atom stereocenters. The van der Waals surface area contributed by atoms with E-state index in [1.807, 2.05) is 0 Å². The SMILES string of the molecule is CCCC(C)C(C)C(C)C(C)(C)CCC. The van der Waals surface area contributed by atoms with Gasteiger partial charge in [-0.2, -0.15) is 0 Å². The molecule has 0 heterocycles. The third kappa shape index (κ3) is 4.57. The lowest BCUT2D eigenvalue weighted by atomic mass is 9.67. The number of hydrogen-bond donors (Lipinski definition) is 0. The zero-order chi connectivity index (χ0) is 12.1. The highest BCUT2D eigenvalue weighted by Gasteiger charge is 2.31. The highest BCUT2D eigenvalue weighted by atomic mass is 14.4. The molecule has 0 aliphatic rings. The van der Waals surface area contributed by atoms with Gasteiger partial charge in [-0.05, 0) is 29.6 Å². The van der Waals surface area contributed by atoms with Crippen LogP contribution in [0.15, 0.2) is 0 Å². The van der Waals surface area contributed by atoms with Crippen LogP contribution in [0.25, 0.3) is 0 Å². The van der Waals surface area contributed by atoms with Crippen LogP contribution in [-0.4, -0.2) is 0 Å². The Balaban J connectivity index is 4.34. The zero-order valence-corrected chi connectivity index (χ0v) is 12.1. The van der Waals surface area contributed by atoms with E-state index >= 15 is 0 Å². The van der Waals surface area contributed by atoms with Gasteiger partial charge in [-0.1, -0.05) is 67.7 Å². The third-order valence-corrected chi connectivity index (χ3v) is 4.56. The predicted octanol–water partition coefficient (Wildman–Crippen LogP) is 5.52. The summed E-state index contributed by atoms with van der Waals surface area (Å²) >= 11 is 0. The van der Waals surface area contributed by atoms with E-state index in [1.165, 1.54) is 25.7 Å². The van der Waals surface area contributed by atoms with Crippen LogP contribution in [0.1, 0.15) is 74.1 Å². The topological polar surface area (TPSA) is 0 Å². The van der Waals surface area contributed by atoms with Crippen LogP contribution < -0.4 is 0 Å². The molecule has 0 aromatic carbocycles. The van der Waals surface area contributed by atoms with Gasteiger partial charge in [0.1, 0.15) is 0 Å². The molecular weight excluding hydrogens is 180 g/mol. The Bertz CT molecular complexity index is 157. The minimum Gasteiger partial charge on any atom is -0.0654 e. The lowest BCUT2D eigenvalue weighted by Gasteiger charge is -2.38. The monoisotopic (exact) mass is 212 g/mol. The Labute approximate surface area is 97.8 Å². The fourth-order valence-electron chi connectivity index (χ4n) is 2.79. The van der Waals surface area contributed by atoms with Gasteiger partial charge in [0.25, 0.3) is 0 Å². The first-order valence-corrected chi connectivity index (χ1v) is 6.86. The highest BCUT2D eigenvalue weighted by molar-refractivity contribution is 4.80. The van der Waals surface area contributed by atoms with Crippen molar-refractivity contribution in [3.8, 4) is 0 Å². The standard InChI is InChI=1S/C15H32/c1-8-10-12(3)13(4)14(5)15(6,7)11-9-2/h12-14H,8-11H2,1-7H3. The first-order valence-electron chi connectivity index (χ1n) is 6.86. The van der Waals surface area contributed by atoms with Gasteiger partial charge in [0.15, 0.2) is 0 Å². The summed E-state index contributed by atoms with van der Waals surface area (Å²) in [7, 11) is 0. The van der Waals surface area contributed by atoms with Crippen LogP contribution in [0.3, 0.4) is 0 Å². The first kappa shape index (κ1) is 15.0. The predicted molar refractivity (Wildman–Crippen MR) is 71.1 cm³/mol. The van der Waals surface area contributed by atoms with Gasteiger partial charge in [-0.15, -0.1) is 0 Å². The van der Waals surface area contributed by atoms with E-state index in [-0.39, 0.29) is 0 Å². The molecule has 15 heavy (non-hydrogen) atoms.